The van der Waals surface area contributed by atoms with Gasteiger partial charge in [0.05, 0.1) is 18.6 Å². The molecule has 2 heteroatoms. The average molecular weight is 322 g/mol. The molecule has 126 valence electrons. The second-order valence-electron chi connectivity index (χ2n) is 7.28. The Labute approximate surface area is 144 Å². The Hall–Kier alpha value is -1.64. The lowest BCUT2D eigenvalue weighted by atomic mass is 9.78. The molecule has 0 atom stereocenters. The summed E-state index contributed by atoms with van der Waals surface area (Å²) in [6.07, 6.45) is 5.38. The molecule has 0 aliphatic heterocycles. The maximum Gasteiger partial charge on any atom is 0.0681 e. The summed E-state index contributed by atoms with van der Waals surface area (Å²) in [6.45, 7) is 1.30. The van der Waals surface area contributed by atoms with Crippen LogP contribution in [0.5, 0.6) is 0 Å². The van der Waals surface area contributed by atoms with Crippen LogP contribution in [0, 0.1) is 0 Å². The molecule has 1 saturated carbocycles. The summed E-state index contributed by atoms with van der Waals surface area (Å²) < 4.78 is 11.4. The molecular weight excluding hydrogens is 296 g/mol. The number of benzene rings is 2. The molecule has 2 nitrogen and oxygen atoms in total. The van der Waals surface area contributed by atoms with Crippen molar-refractivity contribution in [1.29, 1.82) is 0 Å². The predicted octanol–water partition coefficient (Wildman–Crippen LogP) is 4.90. The van der Waals surface area contributed by atoms with E-state index in [4.69, 9.17) is 9.47 Å². The van der Waals surface area contributed by atoms with Gasteiger partial charge in [-0.2, -0.15) is 0 Å². The molecule has 4 rings (SSSR count). The molecular formula is C22H26O2. The molecule has 24 heavy (non-hydrogen) atoms. The van der Waals surface area contributed by atoms with Gasteiger partial charge < -0.3 is 9.47 Å². The Morgan fingerprint density at radius 2 is 1.54 bits per heavy atom. The fourth-order valence-corrected chi connectivity index (χ4v) is 4.83. The van der Waals surface area contributed by atoms with Crippen molar-refractivity contribution >= 4 is 0 Å². The molecule has 0 heterocycles. The molecule has 0 amide bonds. The van der Waals surface area contributed by atoms with Crippen molar-refractivity contribution in [2.24, 2.45) is 0 Å². The van der Waals surface area contributed by atoms with Gasteiger partial charge in [-0.05, 0) is 46.6 Å². The van der Waals surface area contributed by atoms with Crippen LogP contribution in [0.3, 0.4) is 0 Å². The van der Waals surface area contributed by atoms with Crippen molar-refractivity contribution in [3.05, 3.63) is 59.2 Å². The summed E-state index contributed by atoms with van der Waals surface area (Å²) in [5, 5.41) is 0. The van der Waals surface area contributed by atoms with Gasteiger partial charge in [0.25, 0.3) is 0 Å². The molecule has 1 fully saturated rings. The zero-order valence-corrected chi connectivity index (χ0v) is 14.7. The molecule has 2 aromatic rings. The van der Waals surface area contributed by atoms with Crippen LogP contribution >= 0.6 is 0 Å². The van der Waals surface area contributed by atoms with Crippen LogP contribution in [0.1, 0.15) is 48.3 Å². The van der Waals surface area contributed by atoms with E-state index >= 15 is 0 Å². The fraction of sp³-hybridized carbons (Fsp3) is 0.455. The first-order valence-electron chi connectivity index (χ1n) is 9.02. The summed E-state index contributed by atoms with van der Waals surface area (Å²) in [7, 11) is 3.58. The first-order chi connectivity index (χ1) is 11.8. The van der Waals surface area contributed by atoms with Gasteiger partial charge in [-0.25, -0.2) is 0 Å². The fourth-order valence-electron chi connectivity index (χ4n) is 4.83. The molecule has 0 spiro atoms. The van der Waals surface area contributed by atoms with Crippen molar-refractivity contribution < 1.29 is 9.47 Å². The second kappa shape index (κ2) is 6.34. The molecule has 0 unspecified atom stereocenters. The highest BCUT2D eigenvalue weighted by molar-refractivity contribution is 5.81. The van der Waals surface area contributed by atoms with Crippen molar-refractivity contribution in [2.75, 3.05) is 27.4 Å². The number of hydrogen-bond donors (Lipinski definition) is 0. The Morgan fingerprint density at radius 1 is 0.875 bits per heavy atom. The number of hydrogen-bond acceptors (Lipinski definition) is 2. The molecule has 2 aliphatic rings. The smallest absolute Gasteiger partial charge is 0.0681 e. The third kappa shape index (κ3) is 2.32. The normalized spacial score (nSPS) is 18.6. The second-order valence-corrected chi connectivity index (χ2v) is 7.28. The zero-order chi connectivity index (χ0) is 16.6. The summed E-state index contributed by atoms with van der Waals surface area (Å²) in [6, 6.07) is 15.9. The van der Waals surface area contributed by atoms with Gasteiger partial charge in [-0.15, -0.1) is 0 Å². The van der Waals surface area contributed by atoms with E-state index in [0.29, 0.717) is 13.2 Å². The van der Waals surface area contributed by atoms with Gasteiger partial charge in [0, 0.05) is 14.2 Å². The van der Waals surface area contributed by atoms with Gasteiger partial charge in [0.1, 0.15) is 0 Å². The lowest BCUT2D eigenvalue weighted by Gasteiger charge is -2.31. The molecule has 0 bridgehead atoms. The average Bonchev–Trinajstić information content (AvgIpc) is 3.23. The molecule has 0 aromatic heterocycles. The highest BCUT2D eigenvalue weighted by atomic mass is 16.5. The van der Waals surface area contributed by atoms with Gasteiger partial charge >= 0.3 is 0 Å². The quantitative estimate of drug-likeness (QED) is 0.779. The predicted molar refractivity (Wildman–Crippen MR) is 97.6 cm³/mol. The van der Waals surface area contributed by atoms with Crippen LogP contribution in [0.4, 0.5) is 0 Å². The largest absolute Gasteiger partial charge is 0.383 e. The molecule has 2 aliphatic carbocycles. The topological polar surface area (TPSA) is 18.5 Å². The molecule has 2 aromatic carbocycles. The number of methoxy groups -OCH3 is 2. The Bertz CT molecular complexity index is 722. The Balaban J connectivity index is 1.89. The summed E-state index contributed by atoms with van der Waals surface area (Å²) in [5.41, 5.74) is 6.71. The van der Waals surface area contributed by atoms with Crippen LogP contribution in [-0.4, -0.2) is 27.4 Å². The van der Waals surface area contributed by atoms with Gasteiger partial charge in [-0.1, -0.05) is 55.3 Å². The number of rotatable bonds is 5. The van der Waals surface area contributed by atoms with Crippen LogP contribution in [0.2, 0.25) is 0 Å². The van der Waals surface area contributed by atoms with E-state index in [9.17, 15) is 0 Å². The van der Waals surface area contributed by atoms with E-state index in [1.54, 1.807) is 14.2 Å². The van der Waals surface area contributed by atoms with Crippen LogP contribution in [0.15, 0.2) is 42.5 Å². The summed E-state index contributed by atoms with van der Waals surface area (Å²) >= 11 is 0. The molecule has 0 radical (unpaired) electrons. The Kier molecular flexibility index (Phi) is 4.19. The first-order valence-corrected chi connectivity index (χ1v) is 9.02. The minimum atomic E-state index is -0.190. The lowest BCUT2D eigenvalue weighted by Crippen LogP contribution is -2.36. The van der Waals surface area contributed by atoms with Crippen molar-refractivity contribution in [3.63, 3.8) is 0 Å². The SMILES string of the molecule is COCC1(COC)c2ccccc2-c2ccc(C3CCCC3)cc21. The van der Waals surface area contributed by atoms with Crippen LogP contribution < -0.4 is 0 Å². The Morgan fingerprint density at radius 3 is 2.25 bits per heavy atom. The third-order valence-electron chi connectivity index (χ3n) is 5.90. The van der Waals surface area contributed by atoms with Crippen LogP contribution in [0.25, 0.3) is 11.1 Å². The minimum absolute atomic E-state index is 0.190. The lowest BCUT2D eigenvalue weighted by molar-refractivity contribution is 0.0814. The van der Waals surface area contributed by atoms with Crippen molar-refractivity contribution in [3.8, 4) is 11.1 Å². The van der Waals surface area contributed by atoms with E-state index in [0.717, 1.165) is 5.92 Å². The van der Waals surface area contributed by atoms with Gasteiger partial charge in [0.15, 0.2) is 0 Å². The van der Waals surface area contributed by atoms with Crippen molar-refractivity contribution in [2.45, 2.75) is 37.0 Å². The maximum atomic E-state index is 5.68. The zero-order valence-electron chi connectivity index (χ0n) is 14.7. The van der Waals surface area contributed by atoms with E-state index in [1.165, 1.54) is 53.5 Å². The maximum absolute atomic E-state index is 5.68. The highest BCUT2D eigenvalue weighted by Crippen LogP contribution is 2.50. The van der Waals surface area contributed by atoms with Crippen molar-refractivity contribution in [1.82, 2.24) is 0 Å². The summed E-state index contributed by atoms with van der Waals surface area (Å²) in [5.74, 6) is 0.724. The van der Waals surface area contributed by atoms with Crippen LogP contribution in [-0.2, 0) is 14.9 Å². The van der Waals surface area contributed by atoms with E-state index in [-0.39, 0.29) is 5.41 Å². The molecule has 0 N–H and O–H groups in total. The number of ether oxygens (including phenoxy) is 2. The molecule has 0 saturated heterocycles. The number of fused-ring (bicyclic) bond motifs is 3. The van der Waals surface area contributed by atoms with E-state index in [2.05, 4.69) is 42.5 Å². The minimum Gasteiger partial charge on any atom is -0.383 e. The third-order valence-corrected chi connectivity index (χ3v) is 5.90. The first kappa shape index (κ1) is 15.9. The monoisotopic (exact) mass is 322 g/mol. The van der Waals surface area contributed by atoms with Gasteiger partial charge in [-0.3, -0.25) is 0 Å². The van der Waals surface area contributed by atoms with Gasteiger partial charge in [0.2, 0.25) is 0 Å². The standard InChI is InChI=1S/C22H26O2/c1-23-14-22(15-24-2)20-10-6-5-9-18(20)19-12-11-17(13-21(19)22)16-7-3-4-8-16/h5-6,9-13,16H,3-4,7-8,14-15H2,1-2H3. The highest BCUT2D eigenvalue weighted by Gasteiger charge is 2.43. The summed E-state index contributed by atoms with van der Waals surface area (Å²) in [4.78, 5) is 0. The van der Waals surface area contributed by atoms with E-state index < -0.39 is 0 Å². The van der Waals surface area contributed by atoms with E-state index in [1.807, 2.05) is 0 Å².